The van der Waals surface area contributed by atoms with Gasteiger partial charge in [0.2, 0.25) is 0 Å². The molecule has 0 aromatic carbocycles. The Labute approximate surface area is 116 Å². The Kier molecular flexibility index (Phi) is 13.0. The zero-order valence-electron chi connectivity index (χ0n) is 13.5. The fourth-order valence-corrected chi connectivity index (χ4v) is 2.74. The molecule has 0 saturated carbocycles. The van der Waals surface area contributed by atoms with Crippen LogP contribution in [0, 0.1) is 0 Å². The number of hydrogen-bond donors (Lipinski definition) is 0. The zero-order chi connectivity index (χ0) is 13.6. The topological polar surface area (TPSA) is 0 Å². The highest BCUT2D eigenvalue weighted by molar-refractivity contribution is 5.13. The van der Waals surface area contributed by atoms with Crippen molar-refractivity contribution in [2.75, 3.05) is 0 Å². The van der Waals surface area contributed by atoms with Gasteiger partial charge in [-0.2, -0.15) is 0 Å². The van der Waals surface area contributed by atoms with Gasteiger partial charge in [-0.25, -0.2) is 0 Å². The van der Waals surface area contributed by atoms with E-state index in [4.69, 9.17) is 0 Å². The first-order chi connectivity index (χ1) is 8.79. The van der Waals surface area contributed by atoms with Crippen molar-refractivity contribution < 1.29 is 0 Å². The maximum atomic E-state index is 2.34. The fraction of sp³-hybridized carbons (Fsp3) is 0.889. The quantitative estimate of drug-likeness (QED) is 0.258. The maximum Gasteiger partial charge on any atom is -0.0318 e. The van der Waals surface area contributed by atoms with Crippen molar-refractivity contribution >= 4 is 0 Å². The van der Waals surface area contributed by atoms with Crippen LogP contribution < -0.4 is 0 Å². The first-order valence-corrected chi connectivity index (χ1v) is 8.49. The lowest BCUT2D eigenvalue weighted by atomic mass is 9.93. The molecule has 0 N–H and O–H groups in total. The van der Waals surface area contributed by atoms with Crippen molar-refractivity contribution in [3.8, 4) is 0 Å². The van der Waals surface area contributed by atoms with Gasteiger partial charge in [-0.05, 0) is 38.5 Å². The molecule has 0 fully saturated rings. The van der Waals surface area contributed by atoms with Gasteiger partial charge < -0.3 is 0 Å². The third kappa shape index (κ3) is 8.78. The molecule has 0 spiro atoms. The molecule has 0 saturated heterocycles. The van der Waals surface area contributed by atoms with Gasteiger partial charge in [-0.15, -0.1) is 0 Å². The van der Waals surface area contributed by atoms with Crippen LogP contribution in [0.25, 0.3) is 0 Å². The Morgan fingerprint density at radius 2 is 0.889 bits per heavy atom. The van der Waals surface area contributed by atoms with E-state index < -0.39 is 0 Å². The molecule has 0 radical (unpaired) electrons. The van der Waals surface area contributed by atoms with Crippen LogP contribution >= 0.6 is 0 Å². The number of unbranched alkanes of at least 4 members (excludes halogenated alkanes) is 6. The van der Waals surface area contributed by atoms with Crippen LogP contribution in [0.4, 0.5) is 0 Å². The molecular weight excluding hydrogens is 216 g/mol. The lowest BCUT2D eigenvalue weighted by molar-refractivity contribution is 0.632. The first-order valence-electron chi connectivity index (χ1n) is 8.49. The summed E-state index contributed by atoms with van der Waals surface area (Å²) < 4.78 is 0. The van der Waals surface area contributed by atoms with Crippen LogP contribution in [0.2, 0.25) is 0 Å². The van der Waals surface area contributed by atoms with Gasteiger partial charge in [0, 0.05) is 0 Å². The molecule has 0 aromatic heterocycles. The predicted molar refractivity (Wildman–Crippen MR) is 85.1 cm³/mol. The molecule has 0 unspecified atom stereocenters. The Morgan fingerprint density at radius 3 is 1.17 bits per heavy atom. The van der Waals surface area contributed by atoms with Gasteiger partial charge in [0.25, 0.3) is 0 Å². The Bertz CT molecular complexity index is 178. The summed E-state index contributed by atoms with van der Waals surface area (Å²) in [6.45, 7) is 9.28. The first kappa shape index (κ1) is 17.7. The van der Waals surface area contributed by atoms with Gasteiger partial charge >= 0.3 is 0 Å². The van der Waals surface area contributed by atoms with Crippen molar-refractivity contribution in [3.05, 3.63) is 11.1 Å². The van der Waals surface area contributed by atoms with Gasteiger partial charge in [-0.3, -0.25) is 0 Å². The second-order valence-electron chi connectivity index (χ2n) is 5.54. The summed E-state index contributed by atoms with van der Waals surface area (Å²) in [6.07, 6.45) is 16.5. The number of rotatable bonds is 12. The molecule has 0 bridgehead atoms. The van der Waals surface area contributed by atoms with E-state index in [1.807, 2.05) is 0 Å². The lowest BCUT2D eigenvalue weighted by Crippen LogP contribution is -1.93. The summed E-state index contributed by atoms with van der Waals surface area (Å²) in [5.41, 5.74) is 3.57. The summed E-state index contributed by atoms with van der Waals surface area (Å²) >= 11 is 0. The van der Waals surface area contributed by atoms with E-state index in [-0.39, 0.29) is 0 Å². The van der Waals surface area contributed by atoms with E-state index in [2.05, 4.69) is 27.7 Å². The summed E-state index contributed by atoms with van der Waals surface area (Å²) in [7, 11) is 0. The minimum atomic E-state index is 1.28. The van der Waals surface area contributed by atoms with Gasteiger partial charge in [0.1, 0.15) is 0 Å². The minimum absolute atomic E-state index is 1.28. The highest BCUT2D eigenvalue weighted by atomic mass is 14.1. The van der Waals surface area contributed by atoms with E-state index >= 15 is 0 Å². The molecule has 0 nitrogen and oxygen atoms in total. The summed E-state index contributed by atoms with van der Waals surface area (Å²) in [5, 5.41) is 0. The second kappa shape index (κ2) is 13.2. The summed E-state index contributed by atoms with van der Waals surface area (Å²) in [5.74, 6) is 0. The van der Waals surface area contributed by atoms with E-state index in [9.17, 15) is 0 Å². The molecule has 0 heterocycles. The SMILES string of the molecule is CCCCCC/C(CC)=C(\CC)CCCCCC. The molecule has 108 valence electrons. The van der Waals surface area contributed by atoms with Crippen LogP contribution in [0.3, 0.4) is 0 Å². The van der Waals surface area contributed by atoms with Crippen LogP contribution in [-0.2, 0) is 0 Å². The third-order valence-corrected chi connectivity index (χ3v) is 4.02. The van der Waals surface area contributed by atoms with Crippen molar-refractivity contribution in [1.29, 1.82) is 0 Å². The average Bonchev–Trinajstić information content (AvgIpc) is 2.40. The zero-order valence-corrected chi connectivity index (χ0v) is 13.5. The van der Waals surface area contributed by atoms with Crippen LogP contribution in [0.1, 0.15) is 105 Å². The van der Waals surface area contributed by atoms with Crippen LogP contribution in [-0.4, -0.2) is 0 Å². The number of allylic oxidation sites excluding steroid dienone is 2. The normalized spacial score (nSPS) is 12.7. The number of hydrogen-bond acceptors (Lipinski definition) is 0. The Morgan fingerprint density at radius 1 is 0.500 bits per heavy atom. The maximum absolute atomic E-state index is 2.34. The summed E-state index contributed by atoms with van der Waals surface area (Å²) in [6, 6.07) is 0. The molecule has 0 heteroatoms. The fourth-order valence-electron chi connectivity index (χ4n) is 2.74. The lowest BCUT2D eigenvalue weighted by Gasteiger charge is -2.13. The summed E-state index contributed by atoms with van der Waals surface area (Å²) in [4.78, 5) is 0. The highest BCUT2D eigenvalue weighted by Crippen LogP contribution is 2.24. The smallest absolute Gasteiger partial charge is 0.0318 e. The van der Waals surface area contributed by atoms with E-state index in [0.717, 1.165) is 0 Å². The van der Waals surface area contributed by atoms with Crippen molar-refractivity contribution in [2.24, 2.45) is 0 Å². The molecule has 18 heavy (non-hydrogen) atoms. The molecule has 0 aliphatic carbocycles. The minimum Gasteiger partial charge on any atom is -0.0713 e. The van der Waals surface area contributed by atoms with Crippen LogP contribution in [0.5, 0.6) is 0 Å². The molecule has 0 amide bonds. The molecule has 0 aliphatic rings. The molecule has 0 aromatic rings. The Balaban J connectivity index is 4.07. The van der Waals surface area contributed by atoms with E-state index in [1.54, 1.807) is 11.1 Å². The predicted octanol–water partition coefficient (Wildman–Crippen LogP) is 7.04. The van der Waals surface area contributed by atoms with E-state index in [1.165, 1.54) is 77.0 Å². The molecular formula is C18H36. The highest BCUT2D eigenvalue weighted by Gasteiger charge is 2.04. The van der Waals surface area contributed by atoms with Crippen molar-refractivity contribution in [2.45, 2.75) is 105 Å². The largest absolute Gasteiger partial charge is 0.0713 e. The average molecular weight is 252 g/mol. The van der Waals surface area contributed by atoms with E-state index in [0.29, 0.717) is 0 Å². The molecule has 0 aliphatic heterocycles. The second-order valence-corrected chi connectivity index (χ2v) is 5.54. The van der Waals surface area contributed by atoms with Crippen LogP contribution in [0.15, 0.2) is 11.1 Å². The molecule has 0 atom stereocenters. The third-order valence-electron chi connectivity index (χ3n) is 4.02. The van der Waals surface area contributed by atoms with Gasteiger partial charge in [-0.1, -0.05) is 77.4 Å². The van der Waals surface area contributed by atoms with Crippen molar-refractivity contribution in [1.82, 2.24) is 0 Å². The molecule has 0 rings (SSSR count). The van der Waals surface area contributed by atoms with Gasteiger partial charge in [0.05, 0.1) is 0 Å². The standard InChI is InChI=1S/C18H36/c1-5-9-11-13-15-17(7-3)18(8-4)16-14-12-10-6-2/h5-16H2,1-4H3/b18-17+. The Hall–Kier alpha value is -0.260. The monoisotopic (exact) mass is 252 g/mol. The van der Waals surface area contributed by atoms with Gasteiger partial charge in [0.15, 0.2) is 0 Å². The van der Waals surface area contributed by atoms with Crippen molar-refractivity contribution in [3.63, 3.8) is 0 Å².